The number of hydrogen-bond acceptors (Lipinski definition) is 2. The molecule has 2 fully saturated rings. The van der Waals surface area contributed by atoms with E-state index in [1.807, 2.05) is 0 Å². The quantitative estimate of drug-likeness (QED) is 0.706. The lowest BCUT2D eigenvalue weighted by Crippen LogP contribution is -2.52. The molecule has 1 aliphatic carbocycles. The summed E-state index contributed by atoms with van der Waals surface area (Å²) in [6.07, 6.45) is 2.85. The third-order valence-electron chi connectivity index (χ3n) is 2.89. The van der Waals surface area contributed by atoms with Crippen molar-refractivity contribution in [2.24, 2.45) is 0 Å². The summed E-state index contributed by atoms with van der Waals surface area (Å²) in [7, 11) is 0. The summed E-state index contributed by atoms with van der Waals surface area (Å²) >= 11 is 0. The highest BCUT2D eigenvalue weighted by atomic mass is 35.5. The third-order valence-corrected chi connectivity index (χ3v) is 2.89. The van der Waals surface area contributed by atoms with Crippen LogP contribution >= 0.6 is 24.8 Å². The SMILES string of the molecule is CCN1CCNCC12CC2.Cl.Cl. The summed E-state index contributed by atoms with van der Waals surface area (Å²) in [6.45, 7) is 7.19. The maximum atomic E-state index is 3.46. The van der Waals surface area contributed by atoms with E-state index in [0.29, 0.717) is 5.54 Å². The number of rotatable bonds is 1. The molecular formula is C8H18Cl2N2. The zero-order valence-electron chi connectivity index (χ0n) is 7.51. The molecule has 1 saturated heterocycles. The monoisotopic (exact) mass is 212 g/mol. The van der Waals surface area contributed by atoms with Crippen LogP contribution in [0.5, 0.6) is 0 Å². The average Bonchev–Trinajstić information content (AvgIpc) is 2.71. The van der Waals surface area contributed by atoms with Crippen molar-refractivity contribution >= 4 is 24.8 Å². The first-order chi connectivity index (χ1) is 4.87. The van der Waals surface area contributed by atoms with E-state index < -0.39 is 0 Å². The van der Waals surface area contributed by atoms with Gasteiger partial charge in [-0.05, 0) is 19.4 Å². The van der Waals surface area contributed by atoms with Crippen molar-refractivity contribution in [3.8, 4) is 0 Å². The Bertz CT molecular complexity index is 137. The molecule has 1 N–H and O–H groups in total. The highest BCUT2D eigenvalue weighted by Crippen LogP contribution is 2.41. The lowest BCUT2D eigenvalue weighted by Gasteiger charge is -2.35. The van der Waals surface area contributed by atoms with Gasteiger partial charge in [0.2, 0.25) is 0 Å². The minimum absolute atomic E-state index is 0. The molecule has 12 heavy (non-hydrogen) atoms. The van der Waals surface area contributed by atoms with Gasteiger partial charge in [-0.1, -0.05) is 6.92 Å². The predicted octanol–water partition coefficient (Wildman–Crippen LogP) is 1.29. The molecule has 0 bridgehead atoms. The van der Waals surface area contributed by atoms with Crippen LogP contribution in [0.15, 0.2) is 0 Å². The van der Waals surface area contributed by atoms with E-state index in [1.54, 1.807) is 0 Å². The number of nitrogens with zero attached hydrogens (tertiary/aromatic N) is 1. The molecule has 0 unspecified atom stereocenters. The highest BCUT2D eigenvalue weighted by Gasteiger charge is 2.48. The standard InChI is InChI=1S/C8H16N2.2ClH/c1-2-10-6-5-9-7-8(10)3-4-8;;/h9H,2-7H2,1H3;2*1H. The molecule has 0 aromatic carbocycles. The second kappa shape index (κ2) is 4.66. The van der Waals surface area contributed by atoms with Gasteiger partial charge in [0.25, 0.3) is 0 Å². The first-order valence-corrected chi connectivity index (χ1v) is 4.33. The Morgan fingerprint density at radius 3 is 2.42 bits per heavy atom. The van der Waals surface area contributed by atoms with E-state index in [4.69, 9.17) is 0 Å². The van der Waals surface area contributed by atoms with Crippen LogP contribution in [0.4, 0.5) is 0 Å². The number of piperazine rings is 1. The molecule has 2 nitrogen and oxygen atoms in total. The summed E-state index contributed by atoms with van der Waals surface area (Å²) < 4.78 is 0. The van der Waals surface area contributed by atoms with Gasteiger partial charge < -0.3 is 5.32 Å². The second-order valence-corrected chi connectivity index (χ2v) is 3.48. The lowest BCUT2D eigenvalue weighted by molar-refractivity contribution is 0.151. The van der Waals surface area contributed by atoms with Crippen molar-refractivity contribution in [2.75, 3.05) is 26.2 Å². The molecule has 0 amide bonds. The number of likely N-dealkylation sites (N-methyl/N-ethyl adjacent to an activating group) is 1. The van der Waals surface area contributed by atoms with E-state index in [9.17, 15) is 0 Å². The minimum Gasteiger partial charge on any atom is -0.314 e. The predicted molar refractivity (Wildman–Crippen MR) is 56.6 cm³/mol. The van der Waals surface area contributed by atoms with Gasteiger partial charge in [-0.3, -0.25) is 4.90 Å². The molecule has 0 aromatic heterocycles. The van der Waals surface area contributed by atoms with Crippen LogP contribution in [-0.2, 0) is 0 Å². The molecule has 74 valence electrons. The van der Waals surface area contributed by atoms with Crippen molar-refractivity contribution in [2.45, 2.75) is 25.3 Å². The minimum atomic E-state index is 0. The fourth-order valence-corrected chi connectivity index (χ4v) is 2.01. The fourth-order valence-electron chi connectivity index (χ4n) is 2.01. The highest BCUT2D eigenvalue weighted by molar-refractivity contribution is 5.85. The summed E-state index contributed by atoms with van der Waals surface area (Å²) in [5.41, 5.74) is 0.618. The van der Waals surface area contributed by atoms with Crippen molar-refractivity contribution in [3.63, 3.8) is 0 Å². The van der Waals surface area contributed by atoms with Gasteiger partial charge in [-0.25, -0.2) is 0 Å². The molecule has 1 saturated carbocycles. The Hall–Kier alpha value is 0.500. The van der Waals surface area contributed by atoms with Gasteiger partial charge in [0, 0.05) is 25.2 Å². The lowest BCUT2D eigenvalue weighted by atomic mass is 10.1. The van der Waals surface area contributed by atoms with E-state index in [1.165, 1.54) is 39.0 Å². The van der Waals surface area contributed by atoms with Crippen LogP contribution in [0, 0.1) is 0 Å². The van der Waals surface area contributed by atoms with Gasteiger partial charge in [0.1, 0.15) is 0 Å². The zero-order valence-corrected chi connectivity index (χ0v) is 9.14. The molecule has 0 atom stereocenters. The Balaban J connectivity index is 0.000000605. The normalized spacial score (nSPS) is 25.8. The molecule has 0 aromatic rings. The summed E-state index contributed by atoms with van der Waals surface area (Å²) in [5, 5.41) is 3.46. The molecule has 2 aliphatic rings. The Labute approximate surface area is 86.9 Å². The maximum absolute atomic E-state index is 3.46. The van der Waals surface area contributed by atoms with Crippen LogP contribution in [0.3, 0.4) is 0 Å². The summed E-state index contributed by atoms with van der Waals surface area (Å²) in [6, 6.07) is 0. The van der Waals surface area contributed by atoms with Crippen molar-refractivity contribution in [1.82, 2.24) is 10.2 Å². The largest absolute Gasteiger partial charge is 0.314 e. The van der Waals surface area contributed by atoms with Gasteiger partial charge in [-0.2, -0.15) is 0 Å². The number of hydrogen-bond donors (Lipinski definition) is 1. The molecule has 2 rings (SSSR count). The van der Waals surface area contributed by atoms with E-state index >= 15 is 0 Å². The van der Waals surface area contributed by atoms with Gasteiger partial charge in [0.15, 0.2) is 0 Å². The molecular weight excluding hydrogens is 195 g/mol. The van der Waals surface area contributed by atoms with Crippen molar-refractivity contribution < 1.29 is 0 Å². The van der Waals surface area contributed by atoms with Crippen LogP contribution in [0.1, 0.15) is 19.8 Å². The van der Waals surface area contributed by atoms with Crippen LogP contribution < -0.4 is 5.32 Å². The topological polar surface area (TPSA) is 15.3 Å². The summed E-state index contributed by atoms with van der Waals surface area (Å²) in [5.74, 6) is 0. The smallest absolute Gasteiger partial charge is 0.0335 e. The number of nitrogens with one attached hydrogen (secondary N) is 1. The molecule has 1 heterocycles. The van der Waals surface area contributed by atoms with Crippen LogP contribution in [0.2, 0.25) is 0 Å². The van der Waals surface area contributed by atoms with Gasteiger partial charge in [-0.15, -0.1) is 24.8 Å². The average molecular weight is 213 g/mol. The first kappa shape index (κ1) is 12.5. The molecule has 0 radical (unpaired) electrons. The van der Waals surface area contributed by atoms with E-state index in [-0.39, 0.29) is 24.8 Å². The fraction of sp³-hybridized carbons (Fsp3) is 1.00. The zero-order chi connectivity index (χ0) is 7.03. The number of halogens is 2. The van der Waals surface area contributed by atoms with Gasteiger partial charge >= 0.3 is 0 Å². The Morgan fingerprint density at radius 2 is 2.00 bits per heavy atom. The maximum Gasteiger partial charge on any atom is 0.0335 e. The third kappa shape index (κ3) is 2.05. The Kier molecular flexibility index (Phi) is 4.85. The molecule has 1 aliphatic heterocycles. The Morgan fingerprint density at radius 1 is 1.33 bits per heavy atom. The molecule has 1 spiro atoms. The van der Waals surface area contributed by atoms with Crippen LogP contribution in [0.25, 0.3) is 0 Å². The first-order valence-electron chi connectivity index (χ1n) is 4.33. The molecule has 4 heteroatoms. The van der Waals surface area contributed by atoms with Crippen molar-refractivity contribution in [3.05, 3.63) is 0 Å². The second-order valence-electron chi connectivity index (χ2n) is 3.48. The van der Waals surface area contributed by atoms with Crippen molar-refractivity contribution in [1.29, 1.82) is 0 Å². The van der Waals surface area contributed by atoms with Gasteiger partial charge in [0.05, 0.1) is 0 Å². The van der Waals surface area contributed by atoms with E-state index in [2.05, 4.69) is 17.1 Å². The van der Waals surface area contributed by atoms with Crippen LogP contribution in [-0.4, -0.2) is 36.6 Å². The summed E-state index contributed by atoms with van der Waals surface area (Å²) in [4.78, 5) is 2.63. The van der Waals surface area contributed by atoms with E-state index in [0.717, 1.165) is 0 Å².